The van der Waals surface area contributed by atoms with Gasteiger partial charge in [-0.05, 0) is 25.7 Å². The third kappa shape index (κ3) is 27.0. The highest BCUT2D eigenvalue weighted by atomic mass is 15.4. The molecule has 0 saturated carbocycles. The van der Waals surface area contributed by atoms with Gasteiger partial charge >= 0.3 is 0 Å². The monoisotopic (exact) mass is 631 g/mol. The van der Waals surface area contributed by atoms with Crippen LogP contribution in [0.4, 0.5) is 0 Å². The molecule has 0 bridgehead atoms. The molecule has 1 unspecified atom stereocenters. The van der Waals surface area contributed by atoms with E-state index in [-0.39, 0.29) is 0 Å². The summed E-state index contributed by atoms with van der Waals surface area (Å²) in [4.78, 5) is 5.42. The van der Waals surface area contributed by atoms with E-state index in [1.54, 1.807) is 0 Å². The molecule has 1 rings (SSSR count). The normalized spacial score (nSPS) is 14.8. The second-order valence-electron chi connectivity index (χ2n) is 15.0. The largest absolute Gasteiger partial charge is 0.356 e. The first-order valence-electron chi connectivity index (χ1n) is 21.5. The van der Waals surface area contributed by atoms with E-state index in [0.29, 0.717) is 6.17 Å². The van der Waals surface area contributed by atoms with Gasteiger partial charge in [0.2, 0.25) is 0 Å². The third-order valence-electron chi connectivity index (χ3n) is 10.6. The van der Waals surface area contributed by atoms with E-state index in [1.165, 1.54) is 238 Å². The summed E-state index contributed by atoms with van der Waals surface area (Å²) in [5, 5.41) is 0. The van der Waals surface area contributed by atoms with Crippen molar-refractivity contribution in [3.8, 4) is 0 Å². The summed E-state index contributed by atoms with van der Waals surface area (Å²) >= 11 is 0. The molecule has 2 heteroatoms. The van der Waals surface area contributed by atoms with Gasteiger partial charge in [0.1, 0.15) is 6.17 Å². The fourth-order valence-corrected chi connectivity index (χ4v) is 7.42. The van der Waals surface area contributed by atoms with Crippen LogP contribution in [0.3, 0.4) is 0 Å². The lowest BCUT2D eigenvalue weighted by Gasteiger charge is -2.33. The van der Waals surface area contributed by atoms with E-state index in [4.69, 9.17) is 0 Å². The molecule has 45 heavy (non-hydrogen) atoms. The molecule has 0 N–H and O–H groups in total. The molecule has 0 aromatic rings. The van der Waals surface area contributed by atoms with Crippen LogP contribution < -0.4 is 0 Å². The quantitative estimate of drug-likeness (QED) is 0.0630. The summed E-state index contributed by atoms with van der Waals surface area (Å²) in [5.41, 5.74) is 0. The van der Waals surface area contributed by atoms with Gasteiger partial charge in [0, 0.05) is 25.5 Å². The van der Waals surface area contributed by atoms with Crippen molar-refractivity contribution in [3.05, 3.63) is 12.4 Å². The number of unbranched alkanes of at least 4 members (excludes halogenated alkanes) is 31. The lowest BCUT2D eigenvalue weighted by Crippen LogP contribution is -2.39. The Morgan fingerprint density at radius 2 is 0.511 bits per heavy atom. The van der Waals surface area contributed by atoms with Gasteiger partial charge < -0.3 is 9.80 Å². The van der Waals surface area contributed by atoms with E-state index in [0.717, 1.165) is 0 Å². The SMILES string of the molecule is CCCCCCCCCCCCCCCCCCCC1N(CCCCCCC)C=CN1CCCCCCCCCCCCCC. The van der Waals surface area contributed by atoms with Gasteiger partial charge in [-0.2, -0.15) is 0 Å². The minimum Gasteiger partial charge on any atom is -0.356 e. The van der Waals surface area contributed by atoms with E-state index in [9.17, 15) is 0 Å². The lowest BCUT2D eigenvalue weighted by molar-refractivity contribution is 0.135. The van der Waals surface area contributed by atoms with Gasteiger partial charge in [-0.15, -0.1) is 0 Å². The van der Waals surface area contributed by atoms with Gasteiger partial charge in [-0.3, -0.25) is 0 Å². The topological polar surface area (TPSA) is 6.48 Å². The molecule has 1 heterocycles. The number of rotatable bonds is 37. The van der Waals surface area contributed by atoms with Crippen LogP contribution >= 0.6 is 0 Å². The smallest absolute Gasteiger partial charge is 0.101 e. The molecule has 0 fully saturated rings. The zero-order valence-electron chi connectivity index (χ0n) is 31.8. The molecule has 1 atom stereocenters. The van der Waals surface area contributed by atoms with E-state index >= 15 is 0 Å². The summed E-state index contributed by atoms with van der Waals surface area (Å²) in [6.07, 6.45) is 55.9. The molecular weight excluding hydrogens is 544 g/mol. The van der Waals surface area contributed by atoms with Crippen LogP contribution in [0.2, 0.25) is 0 Å². The fourth-order valence-electron chi connectivity index (χ4n) is 7.42. The standard InChI is InChI=1S/C43H86N2/c1-4-7-10-13-15-17-19-21-22-23-24-25-26-28-30-32-35-38-43-44(39-36-33-12-9-6-3)41-42-45(43)40-37-34-31-29-27-20-18-16-14-11-8-5-2/h41-43H,4-40H2,1-3H3. The summed E-state index contributed by atoms with van der Waals surface area (Å²) < 4.78 is 0. The van der Waals surface area contributed by atoms with Crippen LogP contribution in [0.5, 0.6) is 0 Å². The summed E-state index contributed by atoms with van der Waals surface area (Å²) in [5.74, 6) is 0. The Labute approximate surface area is 286 Å². The molecule has 1 aliphatic heterocycles. The summed E-state index contributed by atoms with van der Waals surface area (Å²) in [7, 11) is 0. The van der Waals surface area contributed by atoms with Gasteiger partial charge in [0.15, 0.2) is 0 Å². The van der Waals surface area contributed by atoms with Crippen LogP contribution in [0.15, 0.2) is 12.4 Å². The Morgan fingerprint density at radius 3 is 0.778 bits per heavy atom. The van der Waals surface area contributed by atoms with Gasteiger partial charge in [0.05, 0.1) is 0 Å². The van der Waals surface area contributed by atoms with Crippen molar-refractivity contribution in [1.82, 2.24) is 9.80 Å². The minimum atomic E-state index is 0.639. The van der Waals surface area contributed by atoms with Gasteiger partial charge in [0.25, 0.3) is 0 Å². The Balaban J connectivity index is 2.11. The average molecular weight is 631 g/mol. The third-order valence-corrected chi connectivity index (χ3v) is 10.6. The second-order valence-corrected chi connectivity index (χ2v) is 15.0. The van der Waals surface area contributed by atoms with Crippen LogP contribution in [-0.2, 0) is 0 Å². The number of hydrogen-bond acceptors (Lipinski definition) is 2. The summed E-state index contributed by atoms with van der Waals surface area (Å²) in [6, 6.07) is 0. The van der Waals surface area contributed by atoms with Crippen molar-refractivity contribution < 1.29 is 0 Å². The van der Waals surface area contributed by atoms with Crippen LogP contribution in [0.25, 0.3) is 0 Å². The van der Waals surface area contributed by atoms with Crippen molar-refractivity contribution in [2.24, 2.45) is 0 Å². The van der Waals surface area contributed by atoms with E-state index in [1.807, 2.05) is 0 Å². The molecule has 2 nitrogen and oxygen atoms in total. The lowest BCUT2D eigenvalue weighted by atomic mass is 10.0. The maximum atomic E-state index is 2.72. The van der Waals surface area contributed by atoms with Gasteiger partial charge in [-0.1, -0.05) is 220 Å². The molecule has 0 aromatic carbocycles. The molecule has 0 aliphatic carbocycles. The predicted octanol–water partition coefficient (Wildman–Crippen LogP) is 15.1. The second kappa shape index (κ2) is 34.7. The molecule has 0 radical (unpaired) electrons. The Hall–Kier alpha value is -0.660. The predicted molar refractivity (Wildman–Crippen MR) is 205 cm³/mol. The number of nitrogens with zero attached hydrogens (tertiary/aromatic N) is 2. The Kier molecular flexibility index (Phi) is 32.6. The first-order chi connectivity index (χ1) is 22.3. The van der Waals surface area contributed by atoms with E-state index in [2.05, 4.69) is 43.0 Å². The van der Waals surface area contributed by atoms with Crippen LogP contribution in [0.1, 0.15) is 245 Å². The Bertz CT molecular complexity index is 586. The van der Waals surface area contributed by atoms with Crippen molar-refractivity contribution >= 4 is 0 Å². The fraction of sp³-hybridized carbons (Fsp3) is 0.953. The molecule has 1 aliphatic rings. The van der Waals surface area contributed by atoms with E-state index < -0.39 is 0 Å². The van der Waals surface area contributed by atoms with Crippen molar-refractivity contribution in [2.75, 3.05) is 13.1 Å². The highest BCUT2D eigenvalue weighted by Gasteiger charge is 2.24. The van der Waals surface area contributed by atoms with Gasteiger partial charge in [-0.25, -0.2) is 0 Å². The Morgan fingerprint density at radius 1 is 0.289 bits per heavy atom. The maximum absolute atomic E-state index is 2.72. The molecule has 0 saturated heterocycles. The first-order valence-corrected chi connectivity index (χ1v) is 21.5. The highest BCUT2D eigenvalue weighted by molar-refractivity contribution is 4.97. The van der Waals surface area contributed by atoms with Crippen molar-refractivity contribution in [3.63, 3.8) is 0 Å². The molecule has 0 spiro atoms. The minimum absolute atomic E-state index is 0.639. The zero-order valence-corrected chi connectivity index (χ0v) is 31.8. The molecule has 0 aromatic heterocycles. The molecular formula is C43H86N2. The molecule has 268 valence electrons. The van der Waals surface area contributed by atoms with Crippen molar-refractivity contribution in [1.29, 1.82) is 0 Å². The highest BCUT2D eigenvalue weighted by Crippen LogP contribution is 2.24. The molecule has 0 amide bonds. The van der Waals surface area contributed by atoms with Crippen molar-refractivity contribution in [2.45, 2.75) is 252 Å². The maximum Gasteiger partial charge on any atom is 0.101 e. The first kappa shape index (κ1) is 42.4. The summed E-state index contributed by atoms with van der Waals surface area (Å²) in [6.45, 7) is 9.48. The van der Waals surface area contributed by atoms with Crippen LogP contribution in [0, 0.1) is 0 Å². The zero-order chi connectivity index (χ0) is 32.3. The average Bonchev–Trinajstić information content (AvgIpc) is 3.43. The van der Waals surface area contributed by atoms with Crippen LogP contribution in [-0.4, -0.2) is 29.1 Å². The number of hydrogen-bond donors (Lipinski definition) is 0.